The molecule has 8 nitrogen and oxygen atoms in total. The molecule has 176 valence electrons. The van der Waals surface area contributed by atoms with Crippen LogP contribution in [0.15, 0.2) is 35.3 Å². The second-order valence-electron chi connectivity index (χ2n) is 7.96. The molecule has 0 radical (unpaired) electrons. The molecule has 1 unspecified atom stereocenters. The Labute approximate surface area is 191 Å². The summed E-state index contributed by atoms with van der Waals surface area (Å²) in [7, 11) is 1.53. The van der Waals surface area contributed by atoms with Crippen molar-refractivity contribution in [2.24, 2.45) is 5.92 Å². The smallest absolute Gasteiger partial charge is 0.268 e. The summed E-state index contributed by atoms with van der Waals surface area (Å²) in [5.41, 5.74) is -0.835. The number of carbonyl (C=O) groups is 2. The highest BCUT2D eigenvalue weighted by molar-refractivity contribution is 6.10. The molecular weight excluding hydrogens is 429 g/mol. The number of aromatic nitrogens is 1. The topological polar surface area (TPSA) is 110 Å². The lowest BCUT2D eigenvalue weighted by Gasteiger charge is -2.18. The number of rotatable bonds is 11. The van der Waals surface area contributed by atoms with Gasteiger partial charge in [0.25, 0.3) is 11.5 Å². The highest BCUT2D eigenvalue weighted by Gasteiger charge is 2.20. The fourth-order valence-corrected chi connectivity index (χ4v) is 2.95. The second kappa shape index (κ2) is 11.9. The number of aryl methyl sites for hydroxylation is 1. The molecule has 1 heterocycles. The van der Waals surface area contributed by atoms with Crippen molar-refractivity contribution < 1.29 is 23.5 Å². The number of nitrogens with one attached hydrogen (secondary N) is 1. The van der Waals surface area contributed by atoms with Crippen molar-refractivity contribution in [3.05, 3.63) is 63.3 Å². The maximum Gasteiger partial charge on any atom is 0.268 e. The minimum Gasteiger partial charge on any atom is -0.483 e. The normalized spacial score (nSPS) is 11.7. The molecule has 1 atom stereocenters. The van der Waals surface area contributed by atoms with Gasteiger partial charge in [-0.1, -0.05) is 13.8 Å². The molecule has 2 rings (SSSR count). The number of halogens is 1. The van der Waals surface area contributed by atoms with Gasteiger partial charge in [0, 0.05) is 38.1 Å². The van der Waals surface area contributed by atoms with Gasteiger partial charge in [0.15, 0.2) is 12.4 Å². The Balaban J connectivity index is 2.33. The number of carbonyl (C=O) groups excluding carboxylic acids is 2. The molecule has 0 fully saturated rings. The van der Waals surface area contributed by atoms with Crippen molar-refractivity contribution in [1.82, 2.24) is 9.88 Å². The van der Waals surface area contributed by atoms with Crippen molar-refractivity contribution in [3.63, 3.8) is 0 Å². The summed E-state index contributed by atoms with van der Waals surface area (Å²) < 4.78 is 25.7. The summed E-state index contributed by atoms with van der Waals surface area (Å²) in [5.74, 6) is -1.44. The van der Waals surface area contributed by atoms with E-state index in [2.05, 4.69) is 5.32 Å². The summed E-state index contributed by atoms with van der Waals surface area (Å²) in [6, 6.07) is 6.27. The van der Waals surface area contributed by atoms with Gasteiger partial charge in [-0.05, 0) is 43.5 Å². The number of nitrogens with zero attached hydrogens (tertiary/aromatic N) is 2. The lowest BCUT2D eigenvalue weighted by molar-refractivity contribution is -0.124. The minimum atomic E-state index is -0.669. The molecule has 0 aliphatic rings. The maximum atomic E-state index is 14.0. The Bertz CT molecular complexity index is 1100. The number of nitriles is 1. The van der Waals surface area contributed by atoms with E-state index < -0.39 is 17.2 Å². The second-order valence-corrected chi connectivity index (χ2v) is 7.96. The molecule has 1 amide bonds. The van der Waals surface area contributed by atoms with Crippen LogP contribution >= 0.6 is 0 Å². The van der Waals surface area contributed by atoms with E-state index in [1.54, 1.807) is 6.07 Å². The van der Waals surface area contributed by atoms with Crippen LogP contribution in [-0.4, -0.2) is 42.6 Å². The molecule has 33 heavy (non-hydrogen) atoms. The number of methoxy groups -OCH3 is 1. The van der Waals surface area contributed by atoms with Gasteiger partial charge in [0.2, 0.25) is 0 Å². The Morgan fingerprint density at radius 2 is 1.97 bits per heavy atom. The summed E-state index contributed by atoms with van der Waals surface area (Å²) in [5, 5.41) is 12.1. The zero-order valence-electron chi connectivity index (χ0n) is 19.2. The number of ether oxygens (including phenoxy) is 2. The van der Waals surface area contributed by atoms with E-state index in [-0.39, 0.29) is 53.5 Å². The first-order valence-corrected chi connectivity index (χ1v) is 10.6. The van der Waals surface area contributed by atoms with Crippen LogP contribution in [0.2, 0.25) is 0 Å². The SMILES string of the molecule is COCCCn1cc(C(=O)c2cc(F)ccc2OCC(=O)NC(C)C(C)C)cc(C#N)c1=O. The lowest BCUT2D eigenvalue weighted by Crippen LogP contribution is -2.39. The average molecular weight is 458 g/mol. The van der Waals surface area contributed by atoms with Crippen molar-refractivity contribution >= 4 is 11.7 Å². The number of amides is 1. The molecule has 0 bridgehead atoms. The zero-order chi connectivity index (χ0) is 24.5. The Kier molecular flexibility index (Phi) is 9.30. The number of ketones is 1. The lowest BCUT2D eigenvalue weighted by atomic mass is 10.0. The van der Waals surface area contributed by atoms with Crippen LogP contribution in [0.5, 0.6) is 5.75 Å². The summed E-state index contributed by atoms with van der Waals surface area (Å²) >= 11 is 0. The third-order valence-corrected chi connectivity index (χ3v) is 5.15. The fraction of sp³-hybridized carbons (Fsp3) is 0.417. The molecule has 0 aliphatic heterocycles. The highest BCUT2D eigenvalue weighted by atomic mass is 19.1. The first kappa shape index (κ1) is 25.7. The van der Waals surface area contributed by atoms with Crippen molar-refractivity contribution in [2.45, 2.75) is 39.8 Å². The zero-order valence-corrected chi connectivity index (χ0v) is 19.2. The van der Waals surface area contributed by atoms with E-state index in [0.29, 0.717) is 13.0 Å². The van der Waals surface area contributed by atoms with Gasteiger partial charge in [-0.2, -0.15) is 5.26 Å². The molecule has 2 aromatic rings. The third-order valence-electron chi connectivity index (χ3n) is 5.15. The van der Waals surface area contributed by atoms with E-state index >= 15 is 0 Å². The molecule has 1 aromatic carbocycles. The molecular formula is C24H28FN3O5. The van der Waals surface area contributed by atoms with Crippen LogP contribution in [0.1, 0.15) is 48.7 Å². The maximum absolute atomic E-state index is 14.0. The minimum absolute atomic E-state index is 0.0180. The van der Waals surface area contributed by atoms with Crippen molar-refractivity contribution in [3.8, 4) is 11.8 Å². The predicted molar refractivity (Wildman–Crippen MR) is 120 cm³/mol. The van der Waals surface area contributed by atoms with Gasteiger partial charge in [0.05, 0.1) is 5.56 Å². The van der Waals surface area contributed by atoms with E-state index in [1.807, 2.05) is 20.8 Å². The first-order chi connectivity index (χ1) is 15.7. The van der Waals surface area contributed by atoms with Crippen LogP contribution in [0.25, 0.3) is 0 Å². The van der Waals surface area contributed by atoms with Gasteiger partial charge in [-0.3, -0.25) is 14.4 Å². The van der Waals surface area contributed by atoms with Gasteiger partial charge in [-0.15, -0.1) is 0 Å². The monoisotopic (exact) mass is 457 g/mol. The highest BCUT2D eigenvalue weighted by Crippen LogP contribution is 2.23. The molecule has 0 aliphatic carbocycles. The van der Waals surface area contributed by atoms with Crippen LogP contribution in [-0.2, 0) is 16.1 Å². The van der Waals surface area contributed by atoms with Crippen LogP contribution in [0.3, 0.4) is 0 Å². The van der Waals surface area contributed by atoms with E-state index in [9.17, 15) is 24.0 Å². The number of pyridine rings is 1. The van der Waals surface area contributed by atoms with Gasteiger partial charge >= 0.3 is 0 Å². The Hall–Kier alpha value is -3.51. The van der Waals surface area contributed by atoms with E-state index in [1.165, 1.54) is 30.0 Å². The Morgan fingerprint density at radius 3 is 2.61 bits per heavy atom. The van der Waals surface area contributed by atoms with E-state index in [4.69, 9.17) is 9.47 Å². The number of hydrogen-bond acceptors (Lipinski definition) is 6. The first-order valence-electron chi connectivity index (χ1n) is 10.6. The summed E-state index contributed by atoms with van der Waals surface area (Å²) in [4.78, 5) is 37.8. The Morgan fingerprint density at radius 1 is 1.24 bits per heavy atom. The quantitative estimate of drug-likeness (QED) is 0.410. The molecule has 0 saturated carbocycles. The van der Waals surface area contributed by atoms with Crippen LogP contribution in [0.4, 0.5) is 4.39 Å². The van der Waals surface area contributed by atoms with Gasteiger partial charge < -0.3 is 19.4 Å². The molecule has 0 spiro atoms. The standard InChI is InChI=1S/C24H28FN3O5/c1-15(2)16(3)27-22(29)14-33-21-7-6-19(25)11-20(21)23(30)18-10-17(12-26)24(31)28(13-18)8-5-9-32-4/h6-7,10-11,13,15-16H,5,8-9,14H2,1-4H3,(H,27,29). The van der Waals surface area contributed by atoms with Gasteiger partial charge in [0.1, 0.15) is 23.2 Å². The molecule has 1 N–H and O–H groups in total. The molecule has 1 aromatic heterocycles. The van der Waals surface area contributed by atoms with Crippen molar-refractivity contribution in [1.29, 1.82) is 5.26 Å². The van der Waals surface area contributed by atoms with E-state index in [0.717, 1.165) is 12.1 Å². The largest absolute Gasteiger partial charge is 0.483 e. The predicted octanol–water partition coefficient (Wildman–Crippen LogP) is 2.67. The van der Waals surface area contributed by atoms with Gasteiger partial charge in [-0.25, -0.2) is 4.39 Å². The number of hydrogen-bond donors (Lipinski definition) is 1. The van der Waals surface area contributed by atoms with Crippen LogP contribution < -0.4 is 15.6 Å². The number of benzene rings is 1. The fourth-order valence-electron chi connectivity index (χ4n) is 2.95. The summed E-state index contributed by atoms with van der Waals surface area (Å²) in [6.45, 7) is 6.07. The molecule has 0 saturated heterocycles. The average Bonchev–Trinajstić information content (AvgIpc) is 2.78. The molecule has 9 heteroatoms. The third kappa shape index (κ3) is 6.99. The van der Waals surface area contributed by atoms with Crippen molar-refractivity contribution in [2.75, 3.05) is 20.3 Å². The van der Waals surface area contributed by atoms with Crippen LogP contribution in [0, 0.1) is 23.1 Å². The summed E-state index contributed by atoms with van der Waals surface area (Å²) in [6.07, 6.45) is 1.82.